The smallest absolute Gasteiger partial charge is 0.264 e. The first-order valence-corrected chi connectivity index (χ1v) is 7.91. The van der Waals surface area contributed by atoms with Crippen molar-refractivity contribution < 1.29 is 17.4 Å². The maximum Gasteiger partial charge on any atom is 0.264 e. The van der Waals surface area contributed by atoms with Crippen LogP contribution in [0.15, 0.2) is 30.3 Å². The van der Waals surface area contributed by atoms with Crippen molar-refractivity contribution in [3.63, 3.8) is 0 Å². The molecule has 0 saturated carbocycles. The SMILES string of the molecule is CS(=O)(=O)O[C@@H]1C[C@@H](C=O)N(Cc2ccccc2)C1. The molecule has 0 spiro atoms. The Morgan fingerprint density at radius 3 is 2.63 bits per heavy atom. The van der Waals surface area contributed by atoms with Gasteiger partial charge in [-0.05, 0) is 12.0 Å². The molecule has 1 fully saturated rings. The van der Waals surface area contributed by atoms with Crippen molar-refractivity contribution in [2.24, 2.45) is 0 Å². The zero-order valence-electron chi connectivity index (χ0n) is 10.7. The number of nitrogens with zero attached hydrogens (tertiary/aromatic N) is 1. The highest BCUT2D eigenvalue weighted by Crippen LogP contribution is 2.22. The Morgan fingerprint density at radius 1 is 1.37 bits per heavy atom. The maximum atomic E-state index is 11.1. The van der Waals surface area contributed by atoms with Crippen molar-refractivity contribution in [3.8, 4) is 0 Å². The first kappa shape index (κ1) is 14.2. The summed E-state index contributed by atoms with van der Waals surface area (Å²) in [7, 11) is -3.48. The molecule has 1 aromatic carbocycles. The monoisotopic (exact) mass is 283 g/mol. The van der Waals surface area contributed by atoms with Gasteiger partial charge in [-0.1, -0.05) is 30.3 Å². The predicted molar refractivity (Wildman–Crippen MR) is 71.0 cm³/mol. The van der Waals surface area contributed by atoms with Gasteiger partial charge in [0.25, 0.3) is 10.1 Å². The molecule has 0 radical (unpaired) electrons. The van der Waals surface area contributed by atoms with Crippen molar-refractivity contribution in [3.05, 3.63) is 35.9 Å². The van der Waals surface area contributed by atoms with Crippen LogP contribution in [0.2, 0.25) is 0 Å². The molecule has 1 aliphatic rings. The average Bonchev–Trinajstić information content (AvgIpc) is 2.70. The summed E-state index contributed by atoms with van der Waals surface area (Å²) in [6.45, 7) is 1.07. The third kappa shape index (κ3) is 4.12. The van der Waals surface area contributed by atoms with Crippen LogP contribution in [0.5, 0.6) is 0 Å². The van der Waals surface area contributed by atoms with E-state index in [1.54, 1.807) is 0 Å². The van der Waals surface area contributed by atoms with E-state index < -0.39 is 16.2 Å². The fourth-order valence-corrected chi connectivity index (χ4v) is 2.98. The summed E-state index contributed by atoms with van der Waals surface area (Å²) >= 11 is 0. The third-order valence-electron chi connectivity index (χ3n) is 3.11. The van der Waals surface area contributed by atoms with Crippen LogP contribution in [-0.2, 0) is 25.6 Å². The summed E-state index contributed by atoms with van der Waals surface area (Å²) < 4.78 is 27.2. The zero-order valence-corrected chi connectivity index (χ0v) is 11.5. The minimum atomic E-state index is -3.48. The molecule has 0 N–H and O–H groups in total. The van der Waals surface area contributed by atoms with Gasteiger partial charge in [0.05, 0.1) is 18.4 Å². The van der Waals surface area contributed by atoms with E-state index >= 15 is 0 Å². The topological polar surface area (TPSA) is 63.7 Å². The van der Waals surface area contributed by atoms with Crippen LogP contribution in [-0.4, -0.2) is 44.6 Å². The van der Waals surface area contributed by atoms with Gasteiger partial charge in [0.1, 0.15) is 6.29 Å². The van der Waals surface area contributed by atoms with Gasteiger partial charge in [-0.2, -0.15) is 8.42 Å². The van der Waals surface area contributed by atoms with Crippen LogP contribution >= 0.6 is 0 Å². The molecule has 0 unspecified atom stereocenters. The molecule has 5 nitrogen and oxygen atoms in total. The van der Waals surface area contributed by atoms with E-state index in [1.165, 1.54) is 0 Å². The summed E-state index contributed by atoms with van der Waals surface area (Å²) in [6, 6.07) is 9.48. The Bertz CT molecular complexity index is 529. The molecule has 19 heavy (non-hydrogen) atoms. The van der Waals surface area contributed by atoms with Crippen LogP contribution in [0.1, 0.15) is 12.0 Å². The molecule has 1 saturated heterocycles. The number of hydrogen-bond acceptors (Lipinski definition) is 5. The molecule has 0 amide bonds. The van der Waals surface area contributed by atoms with Crippen molar-refractivity contribution in [2.45, 2.75) is 25.1 Å². The van der Waals surface area contributed by atoms with Gasteiger partial charge in [0.15, 0.2) is 0 Å². The van der Waals surface area contributed by atoms with Crippen molar-refractivity contribution in [2.75, 3.05) is 12.8 Å². The highest BCUT2D eigenvalue weighted by Gasteiger charge is 2.34. The summed E-state index contributed by atoms with van der Waals surface area (Å²) in [5.74, 6) is 0. The van der Waals surface area contributed by atoms with E-state index in [1.807, 2.05) is 35.2 Å². The number of carbonyl (C=O) groups is 1. The molecule has 0 bridgehead atoms. The van der Waals surface area contributed by atoms with Crippen LogP contribution in [0.25, 0.3) is 0 Å². The third-order valence-corrected chi connectivity index (χ3v) is 3.73. The maximum absolute atomic E-state index is 11.1. The second-order valence-corrected chi connectivity index (χ2v) is 6.38. The van der Waals surface area contributed by atoms with Gasteiger partial charge in [-0.25, -0.2) is 0 Å². The Balaban J connectivity index is 2.02. The Morgan fingerprint density at radius 2 is 2.05 bits per heavy atom. The van der Waals surface area contributed by atoms with Crippen molar-refractivity contribution in [1.29, 1.82) is 0 Å². The van der Waals surface area contributed by atoms with E-state index in [9.17, 15) is 13.2 Å². The minimum Gasteiger partial charge on any atom is -0.302 e. The van der Waals surface area contributed by atoms with Crippen LogP contribution in [0, 0.1) is 0 Å². The minimum absolute atomic E-state index is 0.285. The normalized spacial score (nSPS) is 24.5. The lowest BCUT2D eigenvalue weighted by Crippen LogP contribution is -2.30. The first-order valence-electron chi connectivity index (χ1n) is 6.09. The molecule has 1 aliphatic heterocycles. The summed E-state index contributed by atoms with van der Waals surface area (Å²) in [4.78, 5) is 13.0. The number of likely N-dealkylation sites (tertiary alicyclic amines) is 1. The molecule has 2 rings (SSSR count). The Labute approximate surface area is 113 Å². The van der Waals surface area contributed by atoms with Gasteiger partial charge in [0.2, 0.25) is 0 Å². The van der Waals surface area contributed by atoms with Crippen molar-refractivity contribution >= 4 is 16.4 Å². The number of benzene rings is 1. The molecule has 2 atom stereocenters. The van der Waals surface area contributed by atoms with Gasteiger partial charge < -0.3 is 4.79 Å². The van der Waals surface area contributed by atoms with E-state index in [0.29, 0.717) is 19.5 Å². The van der Waals surface area contributed by atoms with Gasteiger partial charge in [0, 0.05) is 13.1 Å². The van der Waals surface area contributed by atoms with Gasteiger partial charge >= 0.3 is 0 Å². The summed E-state index contributed by atoms with van der Waals surface area (Å²) in [5.41, 5.74) is 1.09. The number of rotatable bonds is 5. The largest absolute Gasteiger partial charge is 0.302 e. The standard InChI is InChI=1S/C13H17NO4S/c1-19(16,17)18-13-7-12(10-15)14(9-13)8-11-5-3-2-4-6-11/h2-6,10,12-13H,7-9H2,1H3/t12-,13+/m0/s1. The lowest BCUT2D eigenvalue weighted by Gasteiger charge is -2.19. The van der Waals surface area contributed by atoms with E-state index in [-0.39, 0.29) is 6.04 Å². The predicted octanol–water partition coefficient (Wildman–Crippen LogP) is 0.805. The molecule has 1 aromatic rings. The fourth-order valence-electron chi connectivity index (χ4n) is 2.35. The average molecular weight is 283 g/mol. The number of aldehydes is 1. The van der Waals surface area contributed by atoms with E-state index in [0.717, 1.165) is 18.1 Å². The fraction of sp³-hybridized carbons (Fsp3) is 0.462. The second-order valence-electron chi connectivity index (χ2n) is 4.78. The Hall–Kier alpha value is -1.24. The van der Waals surface area contributed by atoms with E-state index in [2.05, 4.69) is 0 Å². The zero-order chi connectivity index (χ0) is 13.9. The van der Waals surface area contributed by atoms with Crippen LogP contribution in [0.4, 0.5) is 0 Å². The first-order chi connectivity index (χ1) is 8.98. The quantitative estimate of drug-likeness (QED) is 0.591. The second kappa shape index (κ2) is 5.81. The molecule has 1 heterocycles. The van der Waals surface area contributed by atoms with Gasteiger partial charge in [-0.3, -0.25) is 9.08 Å². The van der Waals surface area contributed by atoms with Crippen LogP contribution < -0.4 is 0 Å². The van der Waals surface area contributed by atoms with E-state index in [4.69, 9.17) is 4.18 Å². The lowest BCUT2D eigenvalue weighted by atomic mass is 10.2. The summed E-state index contributed by atoms with van der Waals surface area (Å²) in [6.07, 6.45) is 1.87. The highest BCUT2D eigenvalue weighted by atomic mass is 32.2. The molecule has 6 heteroatoms. The molecule has 0 aliphatic carbocycles. The highest BCUT2D eigenvalue weighted by molar-refractivity contribution is 7.86. The van der Waals surface area contributed by atoms with Crippen LogP contribution in [0.3, 0.4) is 0 Å². The number of hydrogen-bond donors (Lipinski definition) is 0. The van der Waals surface area contributed by atoms with Crippen molar-refractivity contribution in [1.82, 2.24) is 4.90 Å². The summed E-state index contributed by atoms with van der Waals surface area (Å²) in [5, 5.41) is 0. The number of carbonyl (C=O) groups excluding carboxylic acids is 1. The molecule has 0 aromatic heterocycles. The molecular weight excluding hydrogens is 266 g/mol. The van der Waals surface area contributed by atoms with Gasteiger partial charge in [-0.15, -0.1) is 0 Å². The lowest BCUT2D eigenvalue weighted by molar-refractivity contribution is -0.111. The Kier molecular flexibility index (Phi) is 4.34. The molecular formula is C13H17NO4S. The molecule has 104 valence electrons.